The summed E-state index contributed by atoms with van der Waals surface area (Å²) in [4.78, 5) is 14.1. The van der Waals surface area contributed by atoms with Gasteiger partial charge in [0.05, 0.1) is 25.3 Å². The third kappa shape index (κ3) is 4.59. The Morgan fingerprint density at radius 1 is 1.17 bits per heavy atom. The van der Waals surface area contributed by atoms with Crippen LogP contribution in [-0.2, 0) is 24.5 Å². The quantitative estimate of drug-likeness (QED) is 0.424. The van der Waals surface area contributed by atoms with Gasteiger partial charge in [-0.1, -0.05) is 19.9 Å². The number of amides is 1. The summed E-state index contributed by atoms with van der Waals surface area (Å²) in [6.45, 7) is 5.13. The van der Waals surface area contributed by atoms with Crippen LogP contribution in [0.1, 0.15) is 55.3 Å². The highest BCUT2D eigenvalue weighted by molar-refractivity contribution is 5.76. The second-order valence-electron chi connectivity index (χ2n) is 8.93. The number of hydrogen-bond donors (Lipinski definition) is 0. The van der Waals surface area contributed by atoms with Crippen molar-refractivity contribution in [3.8, 4) is 16.9 Å². The Labute approximate surface area is 204 Å². The zero-order chi connectivity index (χ0) is 26.4. The Balaban J connectivity index is 1.81. The summed E-state index contributed by atoms with van der Waals surface area (Å²) in [5, 5.41) is 11.2. The molecule has 0 N–H and O–H groups in total. The van der Waals surface area contributed by atoms with Gasteiger partial charge in [0.15, 0.2) is 11.9 Å². The number of methoxy groups -OCH3 is 1. The van der Waals surface area contributed by atoms with E-state index in [9.17, 15) is 22.4 Å². The molecule has 0 bridgehead atoms. The molecule has 3 aromatic rings. The van der Waals surface area contributed by atoms with Gasteiger partial charge in [-0.15, -0.1) is 5.10 Å². The highest BCUT2D eigenvalue weighted by atomic mass is 19.4. The molecule has 36 heavy (non-hydrogen) atoms. The van der Waals surface area contributed by atoms with Crippen molar-refractivity contribution in [1.29, 1.82) is 0 Å². The lowest BCUT2D eigenvalue weighted by atomic mass is 9.92. The molecule has 1 saturated heterocycles. The topological polar surface area (TPSA) is 82.4 Å². The number of cyclic esters (lactones) is 1. The van der Waals surface area contributed by atoms with Crippen LogP contribution in [0.2, 0.25) is 0 Å². The standard InChI is InChI=1S/C24H25F4N5O3/c1-12(2)17-9-18(20(35-5)10-19(17)25)16-7-6-15(24(26,27)28)8-14(16)11-33-13(3)21(36-23(33)34)22-29-30-31-32(22)4/h6-10,12-13,21H,11H2,1-5H3/t13-,21-/m0/s1. The van der Waals surface area contributed by atoms with Crippen LogP contribution in [0.25, 0.3) is 11.1 Å². The van der Waals surface area contributed by atoms with Gasteiger partial charge in [-0.05, 0) is 58.2 Å². The number of carbonyl (C=O) groups is 1. The summed E-state index contributed by atoms with van der Waals surface area (Å²) in [7, 11) is 2.95. The van der Waals surface area contributed by atoms with Crippen LogP contribution >= 0.6 is 0 Å². The van der Waals surface area contributed by atoms with Crippen LogP contribution in [-0.4, -0.2) is 44.4 Å². The largest absolute Gasteiger partial charge is 0.496 e. The molecule has 2 aromatic carbocycles. The molecule has 1 amide bonds. The highest BCUT2D eigenvalue weighted by Crippen LogP contribution is 2.41. The third-order valence-electron chi connectivity index (χ3n) is 6.30. The Hall–Kier alpha value is -3.70. The van der Waals surface area contributed by atoms with Crippen molar-refractivity contribution in [3.05, 3.63) is 58.7 Å². The maximum absolute atomic E-state index is 14.6. The average molecular weight is 507 g/mol. The smallest absolute Gasteiger partial charge is 0.416 e. The maximum atomic E-state index is 14.6. The first kappa shape index (κ1) is 25.4. The number of rotatable bonds is 6. The highest BCUT2D eigenvalue weighted by Gasteiger charge is 2.43. The van der Waals surface area contributed by atoms with Gasteiger partial charge < -0.3 is 9.47 Å². The summed E-state index contributed by atoms with van der Waals surface area (Å²) >= 11 is 0. The Kier molecular flexibility index (Phi) is 6.63. The van der Waals surface area contributed by atoms with Crippen molar-refractivity contribution in [2.45, 2.75) is 51.6 Å². The SMILES string of the molecule is COc1cc(F)c(C(C)C)cc1-c1ccc(C(F)(F)F)cc1CN1C(=O)O[C@H](c2nnnn2C)[C@@H]1C. The number of alkyl halides is 3. The fourth-order valence-electron chi connectivity index (χ4n) is 4.30. The van der Waals surface area contributed by atoms with E-state index < -0.39 is 35.8 Å². The van der Waals surface area contributed by atoms with E-state index in [1.54, 1.807) is 20.0 Å². The van der Waals surface area contributed by atoms with Gasteiger partial charge in [-0.2, -0.15) is 13.2 Å². The minimum absolute atomic E-state index is 0.165. The fourth-order valence-corrected chi connectivity index (χ4v) is 4.30. The minimum atomic E-state index is -4.60. The van der Waals surface area contributed by atoms with Crippen molar-refractivity contribution in [3.63, 3.8) is 0 Å². The van der Waals surface area contributed by atoms with Crippen LogP contribution in [0, 0.1) is 5.82 Å². The molecule has 0 spiro atoms. The molecule has 0 aliphatic carbocycles. The van der Waals surface area contributed by atoms with Crippen LogP contribution in [0.5, 0.6) is 5.75 Å². The molecular formula is C24H25F4N5O3. The summed E-state index contributed by atoms with van der Waals surface area (Å²) < 4.78 is 67.7. The lowest BCUT2D eigenvalue weighted by molar-refractivity contribution is -0.137. The van der Waals surface area contributed by atoms with Crippen LogP contribution in [0.4, 0.5) is 22.4 Å². The molecule has 192 valence electrons. The number of tetrazole rings is 1. The zero-order valence-electron chi connectivity index (χ0n) is 20.3. The lowest BCUT2D eigenvalue weighted by Gasteiger charge is -2.23. The summed E-state index contributed by atoms with van der Waals surface area (Å²) in [6.07, 6.45) is -6.12. The second kappa shape index (κ2) is 9.40. The summed E-state index contributed by atoms with van der Waals surface area (Å²) in [6, 6.07) is 5.47. The number of hydrogen-bond acceptors (Lipinski definition) is 6. The molecule has 1 aromatic heterocycles. The van der Waals surface area contributed by atoms with Crippen LogP contribution in [0.3, 0.4) is 0 Å². The van der Waals surface area contributed by atoms with Gasteiger partial charge in [0, 0.05) is 18.7 Å². The van der Waals surface area contributed by atoms with E-state index in [1.165, 1.54) is 28.8 Å². The number of carbonyl (C=O) groups excluding carboxylic acids is 1. The monoisotopic (exact) mass is 507 g/mol. The average Bonchev–Trinajstić information content (AvgIpc) is 3.35. The number of nitrogens with zero attached hydrogens (tertiary/aromatic N) is 5. The van der Waals surface area contributed by atoms with E-state index in [0.717, 1.165) is 12.1 Å². The van der Waals surface area contributed by atoms with Gasteiger partial charge in [-0.3, -0.25) is 4.90 Å². The molecule has 0 saturated carbocycles. The Bertz CT molecular complexity index is 1290. The van der Waals surface area contributed by atoms with E-state index >= 15 is 0 Å². The molecule has 1 aliphatic heterocycles. The van der Waals surface area contributed by atoms with Gasteiger partial charge in [0.1, 0.15) is 11.6 Å². The van der Waals surface area contributed by atoms with E-state index in [4.69, 9.17) is 9.47 Å². The normalized spacial score (nSPS) is 18.2. The zero-order valence-corrected chi connectivity index (χ0v) is 20.3. The van der Waals surface area contributed by atoms with Gasteiger partial charge in [-0.25, -0.2) is 13.9 Å². The molecular weight excluding hydrogens is 482 g/mol. The Morgan fingerprint density at radius 2 is 1.89 bits per heavy atom. The van der Waals surface area contributed by atoms with Gasteiger partial charge >= 0.3 is 12.3 Å². The summed E-state index contributed by atoms with van der Waals surface area (Å²) in [5.41, 5.74) is 0.511. The molecule has 4 rings (SSSR count). The predicted molar refractivity (Wildman–Crippen MR) is 121 cm³/mol. The maximum Gasteiger partial charge on any atom is 0.416 e. The number of ether oxygens (including phenoxy) is 2. The molecule has 2 atom stereocenters. The second-order valence-corrected chi connectivity index (χ2v) is 8.93. The van der Waals surface area contributed by atoms with Crippen LogP contribution < -0.4 is 4.74 Å². The number of aryl methyl sites for hydroxylation is 1. The van der Waals surface area contributed by atoms with Gasteiger partial charge in [0.25, 0.3) is 0 Å². The van der Waals surface area contributed by atoms with Crippen molar-refractivity contribution in [2.24, 2.45) is 7.05 Å². The molecule has 1 fully saturated rings. The van der Waals surface area contributed by atoms with E-state index in [-0.39, 0.29) is 23.8 Å². The van der Waals surface area contributed by atoms with Gasteiger partial charge in [0.2, 0.25) is 0 Å². The molecule has 2 heterocycles. The van der Waals surface area contributed by atoms with Crippen molar-refractivity contribution >= 4 is 6.09 Å². The van der Waals surface area contributed by atoms with E-state index in [1.807, 2.05) is 13.8 Å². The molecule has 8 nitrogen and oxygen atoms in total. The minimum Gasteiger partial charge on any atom is -0.496 e. The number of benzene rings is 2. The first-order valence-electron chi connectivity index (χ1n) is 11.2. The predicted octanol–water partition coefficient (Wildman–Crippen LogP) is 5.25. The van der Waals surface area contributed by atoms with Crippen molar-refractivity contribution < 1.29 is 31.8 Å². The fraction of sp³-hybridized carbons (Fsp3) is 0.417. The van der Waals surface area contributed by atoms with Crippen molar-refractivity contribution in [2.75, 3.05) is 7.11 Å². The van der Waals surface area contributed by atoms with Crippen LogP contribution in [0.15, 0.2) is 30.3 Å². The number of halogens is 4. The molecule has 12 heteroatoms. The van der Waals surface area contributed by atoms with Crippen molar-refractivity contribution in [1.82, 2.24) is 25.1 Å². The first-order chi connectivity index (χ1) is 16.9. The summed E-state index contributed by atoms with van der Waals surface area (Å²) in [5.74, 6) is -0.180. The first-order valence-corrected chi connectivity index (χ1v) is 11.2. The molecule has 0 unspecified atom stereocenters. The molecule has 0 radical (unpaired) electrons. The van der Waals surface area contributed by atoms with E-state index in [2.05, 4.69) is 15.5 Å². The Morgan fingerprint density at radius 3 is 2.47 bits per heavy atom. The number of aromatic nitrogens is 4. The lowest BCUT2D eigenvalue weighted by Crippen LogP contribution is -2.32. The van der Waals surface area contributed by atoms with E-state index in [0.29, 0.717) is 22.5 Å². The molecule has 1 aliphatic rings. The third-order valence-corrected chi connectivity index (χ3v) is 6.30.